The molecule has 0 aliphatic carbocycles. The Bertz CT molecular complexity index is 763. The molecule has 3 rings (SSSR count). The molecule has 0 radical (unpaired) electrons. The summed E-state index contributed by atoms with van der Waals surface area (Å²) >= 11 is 6.34. The fraction of sp³-hybridized carbons (Fsp3) is 0.750. The number of piperidine rings is 1. The van der Waals surface area contributed by atoms with Crippen LogP contribution >= 0.6 is 11.6 Å². The van der Waals surface area contributed by atoms with Crippen molar-refractivity contribution in [3.63, 3.8) is 0 Å². The summed E-state index contributed by atoms with van der Waals surface area (Å²) in [6.45, 7) is 8.84. The fourth-order valence-corrected chi connectivity index (χ4v) is 3.87. The van der Waals surface area contributed by atoms with Gasteiger partial charge in [0.15, 0.2) is 0 Å². The summed E-state index contributed by atoms with van der Waals surface area (Å²) in [6, 6.07) is -0.0838. The molecular formula is C20H31ClN4O4. The van der Waals surface area contributed by atoms with Crippen LogP contribution in [-0.4, -0.2) is 59.2 Å². The molecule has 2 saturated heterocycles. The predicted octanol–water partition coefficient (Wildman–Crippen LogP) is 3.31. The van der Waals surface area contributed by atoms with Gasteiger partial charge in [0.05, 0.1) is 24.5 Å². The maximum Gasteiger partial charge on any atom is 0.410 e. The molecule has 1 aromatic rings. The molecule has 1 atom stereocenters. The van der Waals surface area contributed by atoms with Gasteiger partial charge >= 0.3 is 6.09 Å². The first-order valence-electron chi connectivity index (χ1n) is 10.3. The lowest BCUT2D eigenvalue weighted by atomic mass is 10.0. The summed E-state index contributed by atoms with van der Waals surface area (Å²) in [5.74, 6) is 0.416. The lowest BCUT2D eigenvalue weighted by Gasteiger charge is -2.33. The summed E-state index contributed by atoms with van der Waals surface area (Å²) in [7, 11) is 0. The number of aromatic nitrogens is 2. The molecule has 3 heterocycles. The van der Waals surface area contributed by atoms with E-state index in [0.29, 0.717) is 44.1 Å². The summed E-state index contributed by atoms with van der Waals surface area (Å²) in [4.78, 5) is 26.6. The molecular weight excluding hydrogens is 396 g/mol. The highest BCUT2D eigenvalue weighted by Gasteiger charge is 2.29. The third-order valence-electron chi connectivity index (χ3n) is 5.24. The molecule has 0 unspecified atom stereocenters. The molecule has 162 valence electrons. The van der Waals surface area contributed by atoms with Crippen LogP contribution in [0.15, 0.2) is 11.0 Å². The SMILES string of the molecule is CC(C)(C)OC(=O)N1CCC(n2ncc(NC[C@H]3CCCOC3)c(Cl)c2=O)CC1. The van der Waals surface area contributed by atoms with Crippen LogP contribution in [0.4, 0.5) is 10.5 Å². The van der Waals surface area contributed by atoms with Crippen molar-refractivity contribution in [1.82, 2.24) is 14.7 Å². The van der Waals surface area contributed by atoms with Gasteiger partial charge in [-0.05, 0) is 52.4 Å². The van der Waals surface area contributed by atoms with E-state index in [9.17, 15) is 9.59 Å². The number of anilines is 1. The standard InChI is InChI=1S/C20H31ClN4O4/c1-20(2,3)29-19(27)24-8-6-15(7-9-24)25-18(26)17(21)16(12-23-25)22-11-14-5-4-10-28-13-14/h12,14-15,22H,4-11,13H2,1-3H3/t14-/m1/s1. The third kappa shape index (κ3) is 5.85. The van der Waals surface area contributed by atoms with Gasteiger partial charge in [0.1, 0.15) is 10.6 Å². The molecule has 29 heavy (non-hydrogen) atoms. The number of halogens is 1. The van der Waals surface area contributed by atoms with Crippen molar-refractivity contribution in [1.29, 1.82) is 0 Å². The van der Waals surface area contributed by atoms with Crippen LogP contribution in [0, 0.1) is 5.92 Å². The second-order valence-corrected chi connectivity index (χ2v) is 9.16. The number of nitrogens with one attached hydrogen (secondary N) is 1. The van der Waals surface area contributed by atoms with Gasteiger partial charge in [0.25, 0.3) is 5.56 Å². The Balaban J connectivity index is 1.58. The van der Waals surface area contributed by atoms with Crippen LogP contribution in [0.3, 0.4) is 0 Å². The molecule has 1 N–H and O–H groups in total. The van der Waals surface area contributed by atoms with Gasteiger partial charge in [-0.2, -0.15) is 5.10 Å². The van der Waals surface area contributed by atoms with Gasteiger partial charge in [-0.1, -0.05) is 11.6 Å². The molecule has 1 amide bonds. The summed E-state index contributed by atoms with van der Waals surface area (Å²) < 4.78 is 12.3. The van der Waals surface area contributed by atoms with Crippen LogP contribution in [-0.2, 0) is 9.47 Å². The minimum atomic E-state index is -0.521. The smallest absolute Gasteiger partial charge is 0.410 e. The number of hydrogen-bond acceptors (Lipinski definition) is 6. The van der Waals surface area contributed by atoms with E-state index in [2.05, 4.69) is 10.4 Å². The Labute approximate surface area is 176 Å². The molecule has 0 spiro atoms. The molecule has 0 bridgehead atoms. The van der Waals surface area contributed by atoms with E-state index >= 15 is 0 Å². The number of rotatable bonds is 4. The van der Waals surface area contributed by atoms with Gasteiger partial charge in [-0.15, -0.1) is 0 Å². The van der Waals surface area contributed by atoms with Gasteiger partial charge in [0.2, 0.25) is 0 Å². The average molecular weight is 427 g/mol. The average Bonchev–Trinajstić information content (AvgIpc) is 2.69. The number of ether oxygens (including phenoxy) is 2. The first-order valence-corrected chi connectivity index (χ1v) is 10.7. The van der Waals surface area contributed by atoms with E-state index in [1.54, 1.807) is 11.1 Å². The molecule has 0 saturated carbocycles. The number of likely N-dealkylation sites (tertiary alicyclic amines) is 1. The van der Waals surface area contributed by atoms with Crippen LogP contribution in [0.25, 0.3) is 0 Å². The van der Waals surface area contributed by atoms with E-state index < -0.39 is 5.60 Å². The van der Waals surface area contributed by atoms with Crippen LogP contribution in [0.5, 0.6) is 0 Å². The fourth-order valence-electron chi connectivity index (χ4n) is 3.67. The first-order chi connectivity index (χ1) is 13.7. The second kappa shape index (κ2) is 9.34. The van der Waals surface area contributed by atoms with Gasteiger partial charge < -0.3 is 19.7 Å². The summed E-state index contributed by atoms with van der Waals surface area (Å²) in [5, 5.41) is 7.75. The summed E-state index contributed by atoms with van der Waals surface area (Å²) in [6.07, 6.45) is 4.73. The topological polar surface area (TPSA) is 85.7 Å². The molecule has 2 fully saturated rings. The Morgan fingerprint density at radius 1 is 1.34 bits per heavy atom. The van der Waals surface area contributed by atoms with Crippen molar-refractivity contribution < 1.29 is 14.3 Å². The normalized spacial score (nSPS) is 21.1. The largest absolute Gasteiger partial charge is 0.444 e. The van der Waals surface area contributed by atoms with Crippen molar-refractivity contribution in [2.45, 2.75) is 58.1 Å². The highest BCUT2D eigenvalue weighted by atomic mass is 35.5. The van der Waals surface area contributed by atoms with Gasteiger partial charge in [0, 0.05) is 26.2 Å². The third-order valence-corrected chi connectivity index (χ3v) is 5.61. The van der Waals surface area contributed by atoms with Crippen molar-refractivity contribution in [2.24, 2.45) is 5.92 Å². The number of hydrogen-bond donors (Lipinski definition) is 1. The minimum absolute atomic E-state index is 0.0838. The van der Waals surface area contributed by atoms with E-state index in [4.69, 9.17) is 21.1 Å². The van der Waals surface area contributed by atoms with Crippen LogP contribution < -0.4 is 10.9 Å². The quantitative estimate of drug-likeness (QED) is 0.794. The summed E-state index contributed by atoms with van der Waals surface area (Å²) in [5.41, 5.74) is -0.260. The molecule has 0 aromatic carbocycles. The van der Waals surface area contributed by atoms with Crippen molar-refractivity contribution >= 4 is 23.4 Å². The van der Waals surface area contributed by atoms with E-state index in [0.717, 1.165) is 26.1 Å². The predicted molar refractivity (Wildman–Crippen MR) is 112 cm³/mol. The van der Waals surface area contributed by atoms with Crippen LogP contribution in [0.2, 0.25) is 5.02 Å². The van der Waals surface area contributed by atoms with E-state index in [1.807, 2.05) is 20.8 Å². The Morgan fingerprint density at radius 3 is 2.69 bits per heavy atom. The number of amides is 1. The number of nitrogens with zero attached hydrogens (tertiary/aromatic N) is 3. The Kier molecular flexibility index (Phi) is 7.05. The molecule has 1 aromatic heterocycles. The van der Waals surface area contributed by atoms with E-state index in [-0.39, 0.29) is 22.7 Å². The minimum Gasteiger partial charge on any atom is -0.444 e. The zero-order valence-electron chi connectivity index (χ0n) is 17.4. The number of carbonyl (C=O) groups excluding carboxylic acids is 1. The van der Waals surface area contributed by atoms with Crippen LogP contribution in [0.1, 0.15) is 52.5 Å². The number of carbonyl (C=O) groups is 1. The van der Waals surface area contributed by atoms with Gasteiger partial charge in [-0.25, -0.2) is 9.48 Å². The first kappa shape index (κ1) is 21.9. The molecule has 2 aliphatic heterocycles. The highest BCUT2D eigenvalue weighted by molar-refractivity contribution is 6.32. The molecule has 8 nitrogen and oxygen atoms in total. The zero-order chi connectivity index (χ0) is 21.0. The maximum absolute atomic E-state index is 12.7. The molecule has 2 aliphatic rings. The van der Waals surface area contributed by atoms with Crippen molar-refractivity contribution in [3.8, 4) is 0 Å². The van der Waals surface area contributed by atoms with E-state index in [1.165, 1.54) is 4.68 Å². The monoisotopic (exact) mass is 426 g/mol. The molecule has 9 heteroatoms. The lowest BCUT2D eigenvalue weighted by Crippen LogP contribution is -2.43. The maximum atomic E-state index is 12.7. The van der Waals surface area contributed by atoms with Crippen molar-refractivity contribution in [3.05, 3.63) is 21.6 Å². The Hall–Kier alpha value is -1.80. The Morgan fingerprint density at radius 2 is 2.07 bits per heavy atom. The second-order valence-electron chi connectivity index (χ2n) is 8.78. The highest BCUT2D eigenvalue weighted by Crippen LogP contribution is 2.24. The van der Waals surface area contributed by atoms with Crippen molar-refractivity contribution in [2.75, 3.05) is 38.2 Å². The lowest BCUT2D eigenvalue weighted by molar-refractivity contribution is 0.0183. The zero-order valence-corrected chi connectivity index (χ0v) is 18.2. The van der Waals surface area contributed by atoms with Gasteiger partial charge in [-0.3, -0.25) is 4.79 Å².